The first-order valence-corrected chi connectivity index (χ1v) is 5.31. The molecule has 0 spiro atoms. The van der Waals surface area contributed by atoms with Gasteiger partial charge in [0, 0.05) is 6.04 Å². The average molecular weight is 311 g/mol. The van der Waals surface area contributed by atoms with Crippen LogP contribution in [0.25, 0.3) is 0 Å². The van der Waals surface area contributed by atoms with Crippen molar-refractivity contribution in [1.82, 2.24) is 15.5 Å². The first-order valence-electron chi connectivity index (χ1n) is 3.72. The molecule has 0 aliphatic carbocycles. The molecular formula is C7H9Br2N3O. The second-order valence-corrected chi connectivity index (χ2v) is 4.41. The summed E-state index contributed by atoms with van der Waals surface area (Å²) in [7, 11) is 0. The normalized spacial score (nSPS) is 10.5. The number of H-pyrrole nitrogens is 1. The highest BCUT2D eigenvalue weighted by molar-refractivity contribution is 9.13. The summed E-state index contributed by atoms with van der Waals surface area (Å²) in [6, 6.07) is 0.106. The molecule has 0 radical (unpaired) electrons. The van der Waals surface area contributed by atoms with E-state index in [0.29, 0.717) is 14.8 Å². The molecule has 0 aliphatic rings. The summed E-state index contributed by atoms with van der Waals surface area (Å²) in [4.78, 5) is 11.4. The zero-order valence-corrected chi connectivity index (χ0v) is 10.4. The fourth-order valence-corrected chi connectivity index (χ4v) is 1.42. The van der Waals surface area contributed by atoms with Gasteiger partial charge in [0.25, 0.3) is 5.91 Å². The number of nitrogens with zero attached hydrogens (tertiary/aromatic N) is 1. The number of rotatable bonds is 2. The Hall–Kier alpha value is -0.360. The monoisotopic (exact) mass is 309 g/mol. The first kappa shape index (κ1) is 10.7. The summed E-state index contributed by atoms with van der Waals surface area (Å²) < 4.78 is 1.31. The van der Waals surface area contributed by atoms with E-state index >= 15 is 0 Å². The van der Waals surface area contributed by atoms with Gasteiger partial charge in [0.1, 0.15) is 4.60 Å². The van der Waals surface area contributed by atoms with Crippen molar-refractivity contribution in [2.75, 3.05) is 0 Å². The van der Waals surface area contributed by atoms with E-state index in [0.717, 1.165) is 0 Å². The van der Waals surface area contributed by atoms with E-state index < -0.39 is 0 Å². The number of carbonyl (C=O) groups is 1. The van der Waals surface area contributed by atoms with Crippen LogP contribution in [-0.2, 0) is 0 Å². The van der Waals surface area contributed by atoms with Crippen LogP contribution in [-0.4, -0.2) is 22.1 Å². The van der Waals surface area contributed by atoms with Crippen molar-refractivity contribution < 1.29 is 4.79 Å². The number of amides is 1. The standard InChI is InChI=1S/C7H9Br2N3O/c1-3(2)10-7(13)5-4(8)6(9)12-11-5/h3H,1-2H3,(H,10,13)(H,11,12). The molecule has 1 aromatic heterocycles. The molecule has 4 nitrogen and oxygen atoms in total. The maximum Gasteiger partial charge on any atom is 0.273 e. The van der Waals surface area contributed by atoms with Crippen LogP contribution in [0.4, 0.5) is 0 Å². The van der Waals surface area contributed by atoms with Crippen molar-refractivity contribution in [2.45, 2.75) is 19.9 Å². The van der Waals surface area contributed by atoms with Gasteiger partial charge in [-0.25, -0.2) is 0 Å². The Labute approximate surface area is 92.7 Å². The Morgan fingerprint density at radius 1 is 1.54 bits per heavy atom. The third-order valence-corrected chi connectivity index (χ3v) is 3.18. The van der Waals surface area contributed by atoms with E-state index in [1.165, 1.54) is 0 Å². The van der Waals surface area contributed by atoms with Crippen LogP contribution in [0.3, 0.4) is 0 Å². The fourth-order valence-electron chi connectivity index (χ4n) is 0.788. The predicted molar refractivity (Wildman–Crippen MR) is 56.6 cm³/mol. The number of carbonyl (C=O) groups excluding carboxylic acids is 1. The van der Waals surface area contributed by atoms with Crippen molar-refractivity contribution in [3.63, 3.8) is 0 Å². The number of halogens is 2. The molecule has 0 bridgehead atoms. The lowest BCUT2D eigenvalue weighted by Crippen LogP contribution is -2.30. The number of hydrogen-bond donors (Lipinski definition) is 2. The van der Waals surface area contributed by atoms with Crippen LogP contribution in [0.15, 0.2) is 9.08 Å². The van der Waals surface area contributed by atoms with Crippen LogP contribution in [0.5, 0.6) is 0 Å². The van der Waals surface area contributed by atoms with E-state index in [9.17, 15) is 4.79 Å². The van der Waals surface area contributed by atoms with Gasteiger partial charge in [-0.15, -0.1) is 0 Å². The maximum absolute atomic E-state index is 11.4. The number of hydrogen-bond acceptors (Lipinski definition) is 2. The lowest BCUT2D eigenvalue weighted by atomic mass is 10.3. The molecule has 72 valence electrons. The first-order chi connectivity index (χ1) is 6.02. The summed E-state index contributed by atoms with van der Waals surface area (Å²) in [5.41, 5.74) is 0.362. The van der Waals surface area contributed by atoms with Gasteiger partial charge in [-0.05, 0) is 45.7 Å². The molecule has 1 aromatic rings. The third-order valence-electron chi connectivity index (χ3n) is 1.30. The Morgan fingerprint density at radius 3 is 2.54 bits per heavy atom. The second-order valence-electron chi connectivity index (χ2n) is 2.83. The van der Waals surface area contributed by atoms with Gasteiger partial charge < -0.3 is 5.32 Å². The molecule has 1 rings (SSSR count). The molecule has 1 heterocycles. The minimum absolute atomic E-state index is 0.106. The van der Waals surface area contributed by atoms with E-state index in [-0.39, 0.29) is 11.9 Å². The topological polar surface area (TPSA) is 57.8 Å². The highest BCUT2D eigenvalue weighted by Gasteiger charge is 2.16. The van der Waals surface area contributed by atoms with Gasteiger partial charge >= 0.3 is 0 Å². The lowest BCUT2D eigenvalue weighted by Gasteiger charge is -2.05. The Balaban J connectivity index is 2.83. The maximum atomic E-state index is 11.4. The number of aromatic nitrogens is 2. The summed E-state index contributed by atoms with van der Waals surface area (Å²) >= 11 is 6.44. The lowest BCUT2D eigenvalue weighted by molar-refractivity contribution is 0.0937. The Bertz CT molecular complexity index is 322. The molecule has 0 saturated carbocycles. The number of aromatic amines is 1. The van der Waals surface area contributed by atoms with E-state index in [1.54, 1.807) is 0 Å². The van der Waals surface area contributed by atoms with E-state index in [4.69, 9.17) is 0 Å². The van der Waals surface area contributed by atoms with Gasteiger partial charge in [0.2, 0.25) is 0 Å². The second kappa shape index (κ2) is 4.23. The Morgan fingerprint density at radius 2 is 2.15 bits per heavy atom. The van der Waals surface area contributed by atoms with E-state index in [1.807, 2.05) is 13.8 Å². The predicted octanol–water partition coefficient (Wildman–Crippen LogP) is 2.07. The molecule has 13 heavy (non-hydrogen) atoms. The van der Waals surface area contributed by atoms with Crippen LogP contribution in [0.1, 0.15) is 24.3 Å². The summed E-state index contributed by atoms with van der Waals surface area (Å²) in [5.74, 6) is -0.191. The zero-order valence-electron chi connectivity index (χ0n) is 7.19. The van der Waals surface area contributed by atoms with Crippen LogP contribution in [0.2, 0.25) is 0 Å². The van der Waals surface area contributed by atoms with E-state index in [2.05, 4.69) is 47.4 Å². The number of nitrogens with one attached hydrogen (secondary N) is 2. The van der Waals surface area contributed by atoms with Crippen molar-refractivity contribution in [1.29, 1.82) is 0 Å². The smallest absolute Gasteiger partial charge is 0.273 e. The average Bonchev–Trinajstić information content (AvgIpc) is 2.31. The van der Waals surface area contributed by atoms with Gasteiger partial charge in [-0.1, -0.05) is 0 Å². The van der Waals surface area contributed by atoms with Crippen molar-refractivity contribution in [3.05, 3.63) is 14.8 Å². The summed E-state index contributed by atoms with van der Waals surface area (Å²) in [5, 5.41) is 9.23. The van der Waals surface area contributed by atoms with Crippen molar-refractivity contribution in [3.8, 4) is 0 Å². The minimum atomic E-state index is -0.191. The molecule has 1 amide bonds. The molecule has 0 aromatic carbocycles. The van der Waals surface area contributed by atoms with Crippen LogP contribution >= 0.6 is 31.9 Å². The highest BCUT2D eigenvalue weighted by atomic mass is 79.9. The molecule has 0 unspecified atom stereocenters. The van der Waals surface area contributed by atoms with Gasteiger partial charge in [0.05, 0.1) is 4.47 Å². The van der Waals surface area contributed by atoms with Gasteiger partial charge in [-0.2, -0.15) is 5.10 Å². The minimum Gasteiger partial charge on any atom is -0.348 e. The molecule has 0 fully saturated rings. The van der Waals surface area contributed by atoms with Crippen molar-refractivity contribution in [2.24, 2.45) is 0 Å². The molecule has 0 aliphatic heterocycles. The highest BCUT2D eigenvalue weighted by Crippen LogP contribution is 2.23. The van der Waals surface area contributed by atoms with Gasteiger partial charge in [0.15, 0.2) is 5.69 Å². The summed E-state index contributed by atoms with van der Waals surface area (Å²) in [6.07, 6.45) is 0. The molecule has 0 atom stereocenters. The molecule has 2 N–H and O–H groups in total. The Kier molecular flexibility index (Phi) is 3.49. The van der Waals surface area contributed by atoms with Crippen LogP contribution < -0.4 is 5.32 Å². The zero-order chi connectivity index (χ0) is 10.0. The largest absolute Gasteiger partial charge is 0.348 e. The fraction of sp³-hybridized carbons (Fsp3) is 0.429. The quantitative estimate of drug-likeness (QED) is 0.878. The SMILES string of the molecule is CC(C)NC(=O)c1n[nH]c(Br)c1Br. The molecular weight excluding hydrogens is 302 g/mol. The molecule has 6 heteroatoms. The third kappa shape index (κ3) is 2.54. The van der Waals surface area contributed by atoms with Gasteiger partial charge in [-0.3, -0.25) is 9.89 Å². The summed E-state index contributed by atoms with van der Waals surface area (Å²) in [6.45, 7) is 3.79. The van der Waals surface area contributed by atoms with Crippen LogP contribution in [0, 0.1) is 0 Å². The van der Waals surface area contributed by atoms with Crippen molar-refractivity contribution >= 4 is 37.8 Å². The molecule has 0 saturated heterocycles.